The number of hydrogen-bond donors (Lipinski definition) is 3. The van der Waals surface area contributed by atoms with Gasteiger partial charge in [0.15, 0.2) is 6.61 Å². The van der Waals surface area contributed by atoms with Crippen LogP contribution in [0.5, 0.6) is 5.75 Å². The normalized spacial score (nSPS) is 9.90. The minimum atomic E-state index is -1.09. The van der Waals surface area contributed by atoms with Gasteiger partial charge in [-0.2, -0.15) is 0 Å². The minimum absolute atomic E-state index is 0.289. The van der Waals surface area contributed by atoms with E-state index in [4.69, 9.17) is 15.6 Å². The van der Waals surface area contributed by atoms with Gasteiger partial charge >= 0.3 is 5.97 Å². The van der Waals surface area contributed by atoms with E-state index in [2.05, 4.69) is 5.32 Å². The Morgan fingerprint density at radius 3 is 2.62 bits per heavy atom. The molecule has 2 aromatic carbocycles. The van der Waals surface area contributed by atoms with Crippen LogP contribution in [-0.4, -0.2) is 23.6 Å². The van der Waals surface area contributed by atoms with Gasteiger partial charge in [-0.15, -0.1) is 0 Å². The van der Waals surface area contributed by atoms with Crippen molar-refractivity contribution in [3.8, 4) is 5.75 Å². The summed E-state index contributed by atoms with van der Waals surface area (Å²) in [6.45, 7) is -0.481. The fourth-order valence-corrected chi connectivity index (χ4v) is 1.71. The molecule has 0 bridgehead atoms. The largest absolute Gasteiger partial charge is 0.480 e. The molecule has 0 heterocycles. The summed E-state index contributed by atoms with van der Waals surface area (Å²) in [6, 6.07) is 13.1. The first-order valence-electron chi connectivity index (χ1n) is 6.17. The van der Waals surface area contributed by atoms with Crippen molar-refractivity contribution in [1.82, 2.24) is 0 Å². The van der Waals surface area contributed by atoms with Crippen molar-refractivity contribution < 1.29 is 19.4 Å². The standard InChI is InChI=1S/C15H14N2O4/c16-11-5-3-4-10(8-11)15(20)17-12-6-1-2-7-13(12)21-9-14(18)19/h1-8H,9,16H2,(H,17,20)(H,18,19). The highest BCUT2D eigenvalue weighted by Gasteiger charge is 2.10. The zero-order valence-corrected chi connectivity index (χ0v) is 11.1. The number of ether oxygens (including phenoxy) is 1. The zero-order valence-electron chi connectivity index (χ0n) is 11.1. The third kappa shape index (κ3) is 3.97. The maximum absolute atomic E-state index is 12.1. The molecule has 0 fully saturated rings. The van der Waals surface area contributed by atoms with Crippen molar-refractivity contribution in [2.45, 2.75) is 0 Å². The number of rotatable bonds is 5. The van der Waals surface area contributed by atoms with Gasteiger partial charge in [0.25, 0.3) is 5.91 Å². The molecular formula is C15H14N2O4. The van der Waals surface area contributed by atoms with Crippen molar-refractivity contribution in [3.05, 3.63) is 54.1 Å². The van der Waals surface area contributed by atoms with E-state index in [0.29, 0.717) is 16.9 Å². The van der Waals surface area contributed by atoms with E-state index < -0.39 is 12.6 Å². The second-order valence-electron chi connectivity index (χ2n) is 4.26. The lowest BCUT2D eigenvalue weighted by atomic mass is 10.2. The van der Waals surface area contributed by atoms with Gasteiger partial charge in [0.1, 0.15) is 5.75 Å². The number of carbonyl (C=O) groups excluding carboxylic acids is 1. The van der Waals surface area contributed by atoms with E-state index in [1.165, 1.54) is 0 Å². The lowest BCUT2D eigenvalue weighted by Gasteiger charge is -2.11. The Kier molecular flexibility index (Phi) is 4.40. The molecule has 0 aromatic heterocycles. The number of anilines is 2. The van der Waals surface area contributed by atoms with Crippen molar-refractivity contribution in [3.63, 3.8) is 0 Å². The van der Waals surface area contributed by atoms with Crippen molar-refractivity contribution in [1.29, 1.82) is 0 Å². The molecule has 0 aliphatic carbocycles. The maximum atomic E-state index is 12.1. The van der Waals surface area contributed by atoms with Gasteiger partial charge in [-0.25, -0.2) is 4.79 Å². The van der Waals surface area contributed by atoms with Gasteiger partial charge in [-0.05, 0) is 30.3 Å². The van der Waals surface area contributed by atoms with E-state index >= 15 is 0 Å². The Balaban J connectivity index is 2.15. The molecule has 108 valence electrons. The van der Waals surface area contributed by atoms with Crippen LogP contribution < -0.4 is 15.8 Å². The highest BCUT2D eigenvalue weighted by atomic mass is 16.5. The van der Waals surface area contributed by atoms with Crippen molar-refractivity contribution >= 4 is 23.3 Å². The summed E-state index contributed by atoms with van der Waals surface area (Å²) in [5.74, 6) is -1.15. The number of nitrogen functional groups attached to an aromatic ring is 1. The van der Waals surface area contributed by atoms with Gasteiger partial charge in [0.05, 0.1) is 5.69 Å². The van der Waals surface area contributed by atoms with E-state index in [9.17, 15) is 9.59 Å². The molecule has 0 saturated heterocycles. The fourth-order valence-electron chi connectivity index (χ4n) is 1.71. The summed E-state index contributed by atoms with van der Waals surface area (Å²) in [7, 11) is 0. The third-order valence-corrected chi connectivity index (χ3v) is 2.64. The van der Waals surface area contributed by atoms with Gasteiger partial charge in [-0.3, -0.25) is 4.79 Å². The summed E-state index contributed by atoms with van der Waals surface area (Å²) in [4.78, 5) is 22.7. The van der Waals surface area contributed by atoms with Crippen LogP contribution in [0.25, 0.3) is 0 Å². The van der Waals surface area contributed by atoms with Crippen molar-refractivity contribution in [2.75, 3.05) is 17.7 Å². The molecule has 21 heavy (non-hydrogen) atoms. The van der Waals surface area contributed by atoms with Crippen LogP contribution in [-0.2, 0) is 4.79 Å². The highest BCUT2D eigenvalue weighted by Crippen LogP contribution is 2.24. The second kappa shape index (κ2) is 6.42. The molecule has 0 atom stereocenters. The smallest absolute Gasteiger partial charge is 0.341 e. The Labute approximate surface area is 121 Å². The summed E-state index contributed by atoms with van der Waals surface area (Å²) in [6.07, 6.45) is 0. The second-order valence-corrected chi connectivity index (χ2v) is 4.26. The first kappa shape index (κ1) is 14.4. The molecule has 0 aliphatic heterocycles. The molecule has 1 amide bonds. The number of carboxylic acid groups (broad SMARTS) is 1. The molecule has 4 N–H and O–H groups in total. The van der Waals surface area contributed by atoms with Crippen LogP contribution in [0.3, 0.4) is 0 Å². The number of hydrogen-bond acceptors (Lipinski definition) is 4. The molecule has 2 aromatic rings. The molecule has 2 rings (SSSR count). The molecule has 6 heteroatoms. The molecule has 0 saturated carbocycles. The number of para-hydroxylation sites is 2. The molecule has 6 nitrogen and oxygen atoms in total. The summed E-state index contributed by atoms with van der Waals surface area (Å²) in [5, 5.41) is 11.3. The summed E-state index contributed by atoms with van der Waals surface area (Å²) >= 11 is 0. The van der Waals surface area contributed by atoms with Gasteiger partial charge < -0.3 is 20.9 Å². The Bertz CT molecular complexity index is 670. The molecular weight excluding hydrogens is 272 g/mol. The lowest BCUT2D eigenvalue weighted by Crippen LogP contribution is -2.15. The predicted molar refractivity (Wildman–Crippen MR) is 78.4 cm³/mol. The number of amides is 1. The number of nitrogens with one attached hydrogen (secondary N) is 1. The van der Waals surface area contributed by atoms with Crippen LogP contribution in [0.4, 0.5) is 11.4 Å². The highest BCUT2D eigenvalue weighted by molar-refractivity contribution is 6.05. The first-order valence-corrected chi connectivity index (χ1v) is 6.17. The van der Waals surface area contributed by atoms with Gasteiger partial charge in [-0.1, -0.05) is 18.2 Å². The molecule has 0 spiro atoms. The van der Waals surface area contributed by atoms with E-state index in [0.717, 1.165) is 0 Å². The Hall–Kier alpha value is -3.02. The van der Waals surface area contributed by atoms with Crippen molar-refractivity contribution in [2.24, 2.45) is 0 Å². The van der Waals surface area contributed by atoms with Crippen LogP contribution in [0.15, 0.2) is 48.5 Å². The fraction of sp³-hybridized carbons (Fsp3) is 0.0667. The number of benzene rings is 2. The van der Waals surface area contributed by atoms with Crippen LogP contribution in [0.1, 0.15) is 10.4 Å². The number of carbonyl (C=O) groups is 2. The summed E-state index contributed by atoms with van der Waals surface area (Å²) < 4.78 is 5.12. The number of aliphatic carboxylic acids is 1. The van der Waals surface area contributed by atoms with Crippen LogP contribution in [0.2, 0.25) is 0 Å². The SMILES string of the molecule is Nc1cccc(C(=O)Nc2ccccc2OCC(=O)O)c1. The first-order chi connectivity index (χ1) is 10.1. The zero-order chi connectivity index (χ0) is 15.2. The average Bonchev–Trinajstić information content (AvgIpc) is 2.46. The molecule has 0 aliphatic rings. The lowest BCUT2D eigenvalue weighted by molar-refractivity contribution is -0.139. The Morgan fingerprint density at radius 1 is 1.14 bits per heavy atom. The number of nitrogens with two attached hydrogens (primary N) is 1. The maximum Gasteiger partial charge on any atom is 0.341 e. The van der Waals surface area contributed by atoms with Gasteiger partial charge in [0, 0.05) is 11.3 Å². The topological polar surface area (TPSA) is 102 Å². The third-order valence-electron chi connectivity index (χ3n) is 2.64. The van der Waals surface area contributed by atoms with Gasteiger partial charge in [0.2, 0.25) is 0 Å². The van der Waals surface area contributed by atoms with Crippen LogP contribution in [0, 0.1) is 0 Å². The summed E-state index contributed by atoms with van der Waals surface area (Å²) in [5.41, 5.74) is 6.92. The number of carboxylic acids is 1. The van der Waals surface area contributed by atoms with E-state index in [1.807, 2.05) is 0 Å². The molecule has 0 unspecified atom stereocenters. The minimum Gasteiger partial charge on any atom is -0.480 e. The monoisotopic (exact) mass is 286 g/mol. The quantitative estimate of drug-likeness (QED) is 0.729. The average molecular weight is 286 g/mol. The van der Waals surface area contributed by atoms with E-state index in [1.54, 1.807) is 48.5 Å². The van der Waals surface area contributed by atoms with E-state index in [-0.39, 0.29) is 11.7 Å². The predicted octanol–water partition coefficient (Wildman–Crippen LogP) is 1.98. The molecule has 0 radical (unpaired) electrons. The van der Waals surface area contributed by atoms with Crippen LogP contribution >= 0.6 is 0 Å². The Morgan fingerprint density at radius 2 is 1.90 bits per heavy atom.